The average molecular weight is 267 g/mol. The monoisotopic (exact) mass is 267 g/mol. The SMILES string of the molecule is Cc1ccc2c(c1)CN(c1ccccc1)CCC(=O)O2. The Labute approximate surface area is 118 Å². The van der Waals surface area contributed by atoms with Gasteiger partial charge in [0, 0.05) is 24.3 Å². The van der Waals surface area contributed by atoms with Gasteiger partial charge in [-0.25, -0.2) is 0 Å². The molecule has 0 N–H and O–H groups in total. The molecule has 3 nitrogen and oxygen atoms in total. The summed E-state index contributed by atoms with van der Waals surface area (Å²) >= 11 is 0. The van der Waals surface area contributed by atoms with E-state index in [-0.39, 0.29) is 5.97 Å². The van der Waals surface area contributed by atoms with E-state index in [2.05, 4.69) is 23.1 Å². The second-order valence-electron chi connectivity index (χ2n) is 5.09. The maximum atomic E-state index is 11.8. The molecule has 0 spiro atoms. The lowest BCUT2D eigenvalue weighted by Gasteiger charge is -2.27. The molecule has 0 atom stereocenters. The van der Waals surface area contributed by atoms with E-state index in [0.29, 0.717) is 18.7 Å². The van der Waals surface area contributed by atoms with Gasteiger partial charge in [-0.05, 0) is 25.1 Å². The quantitative estimate of drug-likeness (QED) is 0.586. The van der Waals surface area contributed by atoms with Crippen LogP contribution in [-0.4, -0.2) is 12.5 Å². The minimum absolute atomic E-state index is 0.171. The Kier molecular flexibility index (Phi) is 3.42. The minimum atomic E-state index is -0.171. The molecule has 3 rings (SSSR count). The Bertz CT molecular complexity index is 622. The number of aryl methyl sites for hydroxylation is 1. The molecule has 0 fully saturated rings. The molecule has 20 heavy (non-hydrogen) atoms. The summed E-state index contributed by atoms with van der Waals surface area (Å²) in [5.74, 6) is 0.511. The van der Waals surface area contributed by atoms with Crippen LogP contribution in [0.2, 0.25) is 0 Å². The Morgan fingerprint density at radius 1 is 1.10 bits per heavy atom. The largest absolute Gasteiger partial charge is 0.426 e. The first-order valence-electron chi connectivity index (χ1n) is 6.82. The van der Waals surface area contributed by atoms with Crippen molar-refractivity contribution in [3.8, 4) is 5.75 Å². The third-order valence-corrected chi connectivity index (χ3v) is 3.51. The summed E-state index contributed by atoms with van der Waals surface area (Å²) in [6.07, 6.45) is 0.405. The molecular weight excluding hydrogens is 250 g/mol. The van der Waals surface area contributed by atoms with Crippen molar-refractivity contribution < 1.29 is 9.53 Å². The fraction of sp³-hybridized carbons (Fsp3) is 0.235. The Morgan fingerprint density at radius 3 is 2.70 bits per heavy atom. The summed E-state index contributed by atoms with van der Waals surface area (Å²) in [4.78, 5) is 14.0. The van der Waals surface area contributed by atoms with E-state index < -0.39 is 0 Å². The molecule has 0 unspecified atom stereocenters. The molecule has 0 radical (unpaired) electrons. The lowest BCUT2D eigenvalue weighted by molar-refractivity contribution is -0.134. The zero-order valence-corrected chi connectivity index (χ0v) is 11.5. The second kappa shape index (κ2) is 5.37. The van der Waals surface area contributed by atoms with Gasteiger partial charge in [0.2, 0.25) is 0 Å². The van der Waals surface area contributed by atoms with Crippen LogP contribution in [0.4, 0.5) is 5.69 Å². The Hall–Kier alpha value is -2.29. The van der Waals surface area contributed by atoms with Crippen LogP contribution < -0.4 is 9.64 Å². The molecule has 0 bridgehead atoms. The molecule has 1 aliphatic heterocycles. The highest BCUT2D eigenvalue weighted by atomic mass is 16.5. The molecular formula is C17H17NO2. The number of carbonyl (C=O) groups excluding carboxylic acids is 1. The number of benzene rings is 2. The fourth-order valence-electron chi connectivity index (χ4n) is 2.48. The summed E-state index contributed by atoms with van der Waals surface area (Å²) < 4.78 is 5.41. The van der Waals surface area contributed by atoms with Crippen LogP contribution in [0.3, 0.4) is 0 Å². The van der Waals surface area contributed by atoms with E-state index in [1.54, 1.807) is 0 Å². The van der Waals surface area contributed by atoms with Crippen molar-refractivity contribution in [3.63, 3.8) is 0 Å². The molecule has 1 heterocycles. The van der Waals surface area contributed by atoms with Crippen molar-refractivity contribution >= 4 is 11.7 Å². The van der Waals surface area contributed by atoms with E-state index in [1.807, 2.05) is 37.3 Å². The van der Waals surface area contributed by atoms with Crippen LogP contribution in [0.15, 0.2) is 48.5 Å². The first-order chi connectivity index (χ1) is 9.72. The summed E-state index contributed by atoms with van der Waals surface area (Å²) in [6, 6.07) is 16.1. The summed E-state index contributed by atoms with van der Waals surface area (Å²) in [5.41, 5.74) is 3.37. The van der Waals surface area contributed by atoms with Crippen LogP contribution in [0.1, 0.15) is 17.5 Å². The highest BCUT2D eigenvalue weighted by Gasteiger charge is 2.18. The molecule has 1 aliphatic rings. The fourth-order valence-corrected chi connectivity index (χ4v) is 2.48. The van der Waals surface area contributed by atoms with Gasteiger partial charge in [0.25, 0.3) is 0 Å². The van der Waals surface area contributed by atoms with E-state index in [1.165, 1.54) is 5.56 Å². The molecule has 0 aromatic heterocycles. The highest BCUT2D eigenvalue weighted by Crippen LogP contribution is 2.27. The average Bonchev–Trinajstić information content (AvgIpc) is 2.45. The molecule has 2 aromatic rings. The van der Waals surface area contributed by atoms with Crippen molar-refractivity contribution in [2.24, 2.45) is 0 Å². The van der Waals surface area contributed by atoms with E-state index in [9.17, 15) is 4.79 Å². The van der Waals surface area contributed by atoms with Crippen molar-refractivity contribution in [2.45, 2.75) is 19.9 Å². The predicted octanol–water partition coefficient (Wildman–Crippen LogP) is 3.31. The van der Waals surface area contributed by atoms with Crippen LogP contribution >= 0.6 is 0 Å². The number of anilines is 1. The highest BCUT2D eigenvalue weighted by molar-refractivity contribution is 5.74. The van der Waals surface area contributed by atoms with Crippen molar-refractivity contribution in [2.75, 3.05) is 11.4 Å². The number of hydrogen-bond acceptors (Lipinski definition) is 3. The zero-order chi connectivity index (χ0) is 13.9. The van der Waals surface area contributed by atoms with Gasteiger partial charge < -0.3 is 9.64 Å². The number of esters is 1. The number of hydrogen-bond donors (Lipinski definition) is 0. The van der Waals surface area contributed by atoms with Crippen LogP contribution in [0, 0.1) is 6.92 Å². The zero-order valence-electron chi connectivity index (χ0n) is 11.5. The van der Waals surface area contributed by atoms with Gasteiger partial charge in [0.1, 0.15) is 5.75 Å². The number of fused-ring (bicyclic) bond motifs is 1. The van der Waals surface area contributed by atoms with Gasteiger partial charge in [-0.3, -0.25) is 4.79 Å². The smallest absolute Gasteiger partial charge is 0.312 e. The lowest BCUT2D eigenvalue weighted by Crippen LogP contribution is -2.29. The predicted molar refractivity (Wildman–Crippen MR) is 78.9 cm³/mol. The number of para-hydroxylation sites is 1. The van der Waals surface area contributed by atoms with Gasteiger partial charge >= 0.3 is 5.97 Å². The third-order valence-electron chi connectivity index (χ3n) is 3.51. The van der Waals surface area contributed by atoms with E-state index >= 15 is 0 Å². The molecule has 0 aliphatic carbocycles. The van der Waals surface area contributed by atoms with Gasteiger partial charge in [-0.1, -0.05) is 35.9 Å². The summed E-state index contributed by atoms with van der Waals surface area (Å²) in [5, 5.41) is 0. The maximum Gasteiger partial charge on any atom is 0.312 e. The van der Waals surface area contributed by atoms with Crippen molar-refractivity contribution in [1.82, 2.24) is 0 Å². The summed E-state index contributed by atoms with van der Waals surface area (Å²) in [7, 11) is 0. The first kappa shape index (κ1) is 12.7. The Morgan fingerprint density at radius 2 is 1.90 bits per heavy atom. The molecule has 0 saturated carbocycles. The van der Waals surface area contributed by atoms with E-state index in [0.717, 1.165) is 17.8 Å². The summed E-state index contributed by atoms with van der Waals surface area (Å²) in [6.45, 7) is 3.48. The topological polar surface area (TPSA) is 29.5 Å². The molecule has 0 saturated heterocycles. The maximum absolute atomic E-state index is 11.8. The molecule has 102 valence electrons. The lowest BCUT2D eigenvalue weighted by atomic mass is 10.1. The van der Waals surface area contributed by atoms with Gasteiger partial charge in [-0.2, -0.15) is 0 Å². The molecule has 3 heteroatoms. The van der Waals surface area contributed by atoms with E-state index in [4.69, 9.17) is 4.74 Å². The van der Waals surface area contributed by atoms with Crippen molar-refractivity contribution in [3.05, 3.63) is 59.7 Å². The molecule has 2 aromatic carbocycles. The molecule has 0 amide bonds. The first-order valence-corrected chi connectivity index (χ1v) is 6.82. The minimum Gasteiger partial charge on any atom is -0.426 e. The van der Waals surface area contributed by atoms with Crippen LogP contribution in [0.5, 0.6) is 5.75 Å². The van der Waals surface area contributed by atoms with Crippen LogP contribution in [-0.2, 0) is 11.3 Å². The number of carbonyl (C=O) groups is 1. The number of rotatable bonds is 1. The number of nitrogens with zero attached hydrogens (tertiary/aromatic N) is 1. The number of ether oxygens (including phenoxy) is 1. The van der Waals surface area contributed by atoms with Gasteiger partial charge in [-0.15, -0.1) is 0 Å². The van der Waals surface area contributed by atoms with Crippen molar-refractivity contribution in [1.29, 1.82) is 0 Å². The third kappa shape index (κ3) is 2.67. The van der Waals surface area contributed by atoms with Gasteiger partial charge in [0.05, 0.1) is 6.42 Å². The van der Waals surface area contributed by atoms with Gasteiger partial charge in [0.15, 0.2) is 0 Å². The second-order valence-corrected chi connectivity index (χ2v) is 5.09. The van der Waals surface area contributed by atoms with Crippen LogP contribution in [0.25, 0.3) is 0 Å². The standard InChI is InChI=1S/C17H17NO2/c1-13-7-8-16-14(11-13)12-18(10-9-17(19)20-16)15-5-3-2-4-6-15/h2-8,11H,9-10,12H2,1H3. The Balaban J connectivity index is 1.98. The normalized spacial score (nSPS) is 15.1.